The molecule has 0 spiro atoms. The number of thioether (sulfide) groups is 1. The number of ether oxygens (including phenoxy) is 1. The summed E-state index contributed by atoms with van der Waals surface area (Å²) in [6.45, 7) is 1.59. The van der Waals surface area contributed by atoms with Crippen LogP contribution in [0.2, 0.25) is 0 Å². The van der Waals surface area contributed by atoms with E-state index >= 15 is 0 Å². The highest BCUT2D eigenvalue weighted by Gasteiger charge is 2.38. The SMILES string of the molecule is COC(=O)C(C)N1C(=O)C(=Cc2cccnc2)SC1=S. The molecular formula is C13H12N2O3S2. The molecule has 1 aromatic heterocycles. The normalized spacial score (nSPS) is 18.5. The maximum Gasteiger partial charge on any atom is 0.328 e. The van der Waals surface area contributed by atoms with Gasteiger partial charge in [-0.25, -0.2) is 4.79 Å². The van der Waals surface area contributed by atoms with Gasteiger partial charge < -0.3 is 4.74 Å². The van der Waals surface area contributed by atoms with Crippen molar-refractivity contribution in [1.82, 2.24) is 9.88 Å². The Morgan fingerprint density at radius 1 is 1.60 bits per heavy atom. The monoisotopic (exact) mass is 308 g/mol. The number of hydrogen-bond acceptors (Lipinski definition) is 6. The van der Waals surface area contributed by atoms with E-state index in [1.807, 2.05) is 6.07 Å². The molecule has 0 N–H and O–H groups in total. The van der Waals surface area contributed by atoms with Crippen LogP contribution >= 0.6 is 24.0 Å². The molecule has 1 atom stereocenters. The van der Waals surface area contributed by atoms with Gasteiger partial charge in [0.05, 0.1) is 12.0 Å². The molecule has 5 nitrogen and oxygen atoms in total. The minimum Gasteiger partial charge on any atom is -0.467 e. The number of methoxy groups -OCH3 is 1. The highest BCUT2D eigenvalue weighted by molar-refractivity contribution is 8.26. The average Bonchev–Trinajstić information content (AvgIpc) is 2.73. The Hall–Kier alpha value is -1.73. The van der Waals surface area contributed by atoms with Crippen molar-refractivity contribution in [2.45, 2.75) is 13.0 Å². The number of aromatic nitrogens is 1. The molecule has 104 valence electrons. The third-order valence-electron chi connectivity index (χ3n) is 2.74. The zero-order valence-corrected chi connectivity index (χ0v) is 12.5. The Balaban J connectivity index is 2.25. The third-order valence-corrected chi connectivity index (χ3v) is 4.07. The van der Waals surface area contributed by atoms with Crippen LogP contribution in [-0.2, 0) is 14.3 Å². The van der Waals surface area contributed by atoms with Gasteiger partial charge in [0.1, 0.15) is 10.4 Å². The summed E-state index contributed by atoms with van der Waals surface area (Å²) in [5.41, 5.74) is 0.804. The van der Waals surface area contributed by atoms with Crippen molar-refractivity contribution in [3.05, 3.63) is 35.0 Å². The van der Waals surface area contributed by atoms with Crippen LogP contribution in [0.15, 0.2) is 29.4 Å². The number of hydrogen-bond donors (Lipinski definition) is 0. The molecule has 2 heterocycles. The summed E-state index contributed by atoms with van der Waals surface area (Å²) in [6, 6.07) is 2.89. The molecule has 2 rings (SSSR count). The zero-order valence-electron chi connectivity index (χ0n) is 10.9. The first kappa shape index (κ1) is 14.7. The van der Waals surface area contributed by atoms with Crippen molar-refractivity contribution in [2.75, 3.05) is 7.11 Å². The van der Waals surface area contributed by atoms with Crippen molar-refractivity contribution in [3.63, 3.8) is 0 Å². The predicted molar refractivity (Wildman–Crippen MR) is 80.7 cm³/mol. The first-order chi connectivity index (χ1) is 9.54. The summed E-state index contributed by atoms with van der Waals surface area (Å²) >= 11 is 6.32. The number of rotatable bonds is 3. The van der Waals surface area contributed by atoms with Crippen LogP contribution in [0, 0.1) is 0 Å². The molecule has 1 aromatic rings. The van der Waals surface area contributed by atoms with Crippen molar-refractivity contribution in [3.8, 4) is 0 Å². The minimum absolute atomic E-state index is 0.290. The lowest BCUT2D eigenvalue weighted by Gasteiger charge is -2.20. The van der Waals surface area contributed by atoms with Gasteiger partial charge in [-0.3, -0.25) is 14.7 Å². The fraction of sp³-hybridized carbons (Fsp3) is 0.231. The highest BCUT2D eigenvalue weighted by Crippen LogP contribution is 2.33. The molecule has 1 unspecified atom stereocenters. The van der Waals surface area contributed by atoms with Gasteiger partial charge in [0.2, 0.25) is 0 Å². The lowest BCUT2D eigenvalue weighted by molar-refractivity contribution is -0.147. The Kier molecular flexibility index (Phi) is 4.51. The molecule has 1 amide bonds. The fourth-order valence-electron chi connectivity index (χ4n) is 1.70. The van der Waals surface area contributed by atoms with Crippen LogP contribution in [0.3, 0.4) is 0 Å². The second kappa shape index (κ2) is 6.15. The number of amides is 1. The van der Waals surface area contributed by atoms with Gasteiger partial charge >= 0.3 is 5.97 Å². The maximum atomic E-state index is 12.3. The van der Waals surface area contributed by atoms with Crippen molar-refractivity contribution in [1.29, 1.82) is 0 Å². The van der Waals surface area contributed by atoms with Crippen LogP contribution < -0.4 is 0 Å². The summed E-state index contributed by atoms with van der Waals surface area (Å²) in [5.74, 6) is -0.786. The molecule has 1 saturated heterocycles. The zero-order chi connectivity index (χ0) is 14.7. The molecule has 0 aromatic carbocycles. The number of nitrogens with zero attached hydrogens (tertiary/aromatic N) is 2. The largest absolute Gasteiger partial charge is 0.467 e. The molecule has 0 aliphatic carbocycles. The topological polar surface area (TPSA) is 59.5 Å². The van der Waals surface area contributed by atoms with Gasteiger partial charge in [0.15, 0.2) is 0 Å². The molecule has 7 heteroatoms. The smallest absolute Gasteiger partial charge is 0.328 e. The van der Waals surface area contributed by atoms with Gasteiger partial charge in [-0.05, 0) is 24.6 Å². The summed E-state index contributed by atoms with van der Waals surface area (Å²) in [6.07, 6.45) is 5.01. The second-order valence-corrected chi connectivity index (χ2v) is 5.71. The molecule has 1 fully saturated rings. The van der Waals surface area contributed by atoms with Crippen LogP contribution in [-0.4, -0.2) is 39.2 Å². The molecule has 1 aliphatic rings. The van der Waals surface area contributed by atoms with Crippen LogP contribution in [0.1, 0.15) is 12.5 Å². The predicted octanol–water partition coefficient (Wildman–Crippen LogP) is 1.84. The van der Waals surface area contributed by atoms with E-state index in [1.54, 1.807) is 31.5 Å². The third kappa shape index (κ3) is 2.88. The van der Waals surface area contributed by atoms with E-state index in [0.717, 1.165) is 5.56 Å². The van der Waals surface area contributed by atoms with E-state index in [1.165, 1.54) is 23.8 Å². The maximum absolute atomic E-state index is 12.3. The quantitative estimate of drug-likeness (QED) is 0.482. The van der Waals surface area contributed by atoms with Gasteiger partial charge in [-0.15, -0.1) is 0 Å². The Morgan fingerprint density at radius 2 is 2.35 bits per heavy atom. The Morgan fingerprint density at radius 3 is 2.95 bits per heavy atom. The summed E-state index contributed by atoms with van der Waals surface area (Å²) < 4.78 is 4.99. The molecule has 0 bridgehead atoms. The van der Waals surface area contributed by atoms with E-state index in [0.29, 0.717) is 9.23 Å². The van der Waals surface area contributed by atoms with E-state index in [2.05, 4.69) is 9.72 Å². The first-order valence-electron chi connectivity index (χ1n) is 5.79. The number of carbonyl (C=O) groups is 2. The summed E-state index contributed by atoms with van der Waals surface area (Å²) in [4.78, 5) is 29.6. The van der Waals surface area contributed by atoms with E-state index in [-0.39, 0.29) is 5.91 Å². The van der Waals surface area contributed by atoms with Gasteiger partial charge in [0, 0.05) is 12.4 Å². The number of pyridine rings is 1. The summed E-state index contributed by atoms with van der Waals surface area (Å²) in [5, 5.41) is 0. The van der Waals surface area contributed by atoms with E-state index in [4.69, 9.17) is 12.2 Å². The molecule has 20 heavy (non-hydrogen) atoms. The van der Waals surface area contributed by atoms with Crippen LogP contribution in [0.4, 0.5) is 0 Å². The van der Waals surface area contributed by atoms with E-state index < -0.39 is 12.0 Å². The average molecular weight is 308 g/mol. The van der Waals surface area contributed by atoms with Crippen molar-refractivity contribution < 1.29 is 14.3 Å². The number of thiocarbonyl (C=S) groups is 1. The summed E-state index contributed by atoms with van der Waals surface area (Å²) in [7, 11) is 1.28. The molecule has 0 radical (unpaired) electrons. The molecule has 0 saturated carbocycles. The van der Waals surface area contributed by atoms with E-state index in [9.17, 15) is 9.59 Å². The molecular weight excluding hydrogens is 296 g/mol. The lowest BCUT2D eigenvalue weighted by Crippen LogP contribution is -2.42. The standard InChI is InChI=1S/C13H12N2O3S2/c1-8(12(17)18-2)15-11(16)10(20-13(15)19)6-9-4-3-5-14-7-9/h3-8H,1-2H3. The fourth-order valence-corrected chi connectivity index (χ4v) is 3.12. The number of carbonyl (C=O) groups excluding carboxylic acids is 2. The molecule has 1 aliphatic heterocycles. The first-order valence-corrected chi connectivity index (χ1v) is 7.02. The Bertz CT molecular complexity index is 587. The van der Waals surface area contributed by atoms with Crippen LogP contribution in [0.25, 0.3) is 6.08 Å². The van der Waals surface area contributed by atoms with Crippen molar-refractivity contribution in [2.24, 2.45) is 0 Å². The van der Waals surface area contributed by atoms with Gasteiger partial charge in [-0.2, -0.15) is 0 Å². The lowest BCUT2D eigenvalue weighted by atomic mass is 10.2. The van der Waals surface area contributed by atoms with Crippen LogP contribution in [0.5, 0.6) is 0 Å². The van der Waals surface area contributed by atoms with Crippen molar-refractivity contribution >= 4 is 46.3 Å². The minimum atomic E-state index is -0.729. The Labute approximate surface area is 126 Å². The van der Waals surface area contributed by atoms with Gasteiger partial charge in [0.25, 0.3) is 5.91 Å². The highest BCUT2D eigenvalue weighted by atomic mass is 32.2. The number of esters is 1. The second-order valence-electron chi connectivity index (χ2n) is 4.04. The van der Waals surface area contributed by atoms with Gasteiger partial charge in [-0.1, -0.05) is 30.0 Å².